The topological polar surface area (TPSA) is 65.0 Å². The highest BCUT2D eigenvalue weighted by atomic mass is 127. The van der Waals surface area contributed by atoms with Gasteiger partial charge in [0.25, 0.3) is 11.8 Å². The summed E-state index contributed by atoms with van der Waals surface area (Å²) in [5.41, 5.74) is 1.05. The molecular formula is C20H29IN4O2. The summed E-state index contributed by atoms with van der Waals surface area (Å²) in [6.07, 6.45) is 4.16. The Morgan fingerprint density at radius 2 is 1.85 bits per heavy atom. The second-order valence-corrected chi connectivity index (χ2v) is 7.18. The van der Waals surface area contributed by atoms with Crippen LogP contribution >= 0.6 is 24.0 Å². The average molecular weight is 484 g/mol. The van der Waals surface area contributed by atoms with Crippen LogP contribution in [0.1, 0.15) is 53.3 Å². The van der Waals surface area contributed by atoms with Crippen LogP contribution in [0, 0.1) is 5.92 Å². The molecule has 6 nitrogen and oxygen atoms in total. The molecular weight excluding hydrogens is 455 g/mol. The Morgan fingerprint density at radius 1 is 1.19 bits per heavy atom. The summed E-state index contributed by atoms with van der Waals surface area (Å²) in [5.74, 6) is 1.32. The molecule has 0 bridgehead atoms. The van der Waals surface area contributed by atoms with Gasteiger partial charge in [-0.15, -0.1) is 24.0 Å². The minimum Gasteiger partial charge on any atom is -0.356 e. The molecule has 2 heterocycles. The first kappa shape index (κ1) is 21.7. The maximum absolute atomic E-state index is 12.3. The van der Waals surface area contributed by atoms with E-state index in [1.807, 2.05) is 7.05 Å². The van der Waals surface area contributed by atoms with Gasteiger partial charge in [0.1, 0.15) is 0 Å². The molecule has 1 fully saturated rings. The number of amides is 2. The minimum atomic E-state index is -0.170. The summed E-state index contributed by atoms with van der Waals surface area (Å²) in [4.78, 5) is 32.7. The van der Waals surface area contributed by atoms with Crippen LogP contribution in [0.2, 0.25) is 0 Å². The van der Waals surface area contributed by atoms with Crippen molar-refractivity contribution in [3.63, 3.8) is 0 Å². The Morgan fingerprint density at radius 3 is 2.44 bits per heavy atom. The monoisotopic (exact) mass is 484 g/mol. The summed E-state index contributed by atoms with van der Waals surface area (Å²) in [6, 6.07) is 7.04. The summed E-state index contributed by atoms with van der Waals surface area (Å²) >= 11 is 0. The van der Waals surface area contributed by atoms with Gasteiger partial charge in [-0.3, -0.25) is 19.5 Å². The molecule has 148 valence electrons. The zero-order valence-electron chi connectivity index (χ0n) is 16.1. The van der Waals surface area contributed by atoms with Gasteiger partial charge >= 0.3 is 0 Å². The number of carbonyl (C=O) groups excluding carboxylic acids is 2. The van der Waals surface area contributed by atoms with Gasteiger partial charge in [0.05, 0.1) is 11.1 Å². The number of fused-ring (bicyclic) bond motifs is 1. The summed E-state index contributed by atoms with van der Waals surface area (Å²) in [6.45, 7) is 5.64. The van der Waals surface area contributed by atoms with Crippen molar-refractivity contribution in [3.05, 3.63) is 35.4 Å². The van der Waals surface area contributed by atoms with Gasteiger partial charge in [0.2, 0.25) is 0 Å². The number of guanidine groups is 1. The van der Waals surface area contributed by atoms with Crippen LogP contribution in [0.5, 0.6) is 0 Å². The lowest BCUT2D eigenvalue weighted by molar-refractivity contribution is 0.0652. The first-order valence-electron chi connectivity index (χ1n) is 9.52. The van der Waals surface area contributed by atoms with Crippen molar-refractivity contribution in [2.24, 2.45) is 10.9 Å². The van der Waals surface area contributed by atoms with Gasteiger partial charge in [-0.05, 0) is 43.7 Å². The van der Waals surface area contributed by atoms with E-state index in [-0.39, 0.29) is 35.8 Å². The number of carbonyl (C=O) groups is 2. The number of likely N-dealkylation sites (tertiary alicyclic amines) is 1. The highest BCUT2D eigenvalue weighted by Crippen LogP contribution is 2.22. The molecule has 2 amide bonds. The van der Waals surface area contributed by atoms with E-state index in [1.54, 1.807) is 24.3 Å². The van der Waals surface area contributed by atoms with Crippen molar-refractivity contribution in [1.29, 1.82) is 0 Å². The maximum atomic E-state index is 12.3. The molecule has 0 aromatic heterocycles. The lowest BCUT2D eigenvalue weighted by Gasteiger charge is -2.33. The van der Waals surface area contributed by atoms with Crippen LogP contribution < -0.4 is 5.32 Å². The van der Waals surface area contributed by atoms with E-state index < -0.39 is 0 Å². The molecule has 1 saturated heterocycles. The summed E-state index contributed by atoms with van der Waals surface area (Å²) in [5, 5.41) is 3.41. The average Bonchev–Trinajstić information content (AvgIpc) is 2.89. The highest BCUT2D eigenvalue weighted by molar-refractivity contribution is 14.0. The van der Waals surface area contributed by atoms with Gasteiger partial charge < -0.3 is 10.2 Å². The van der Waals surface area contributed by atoms with Crippen molar-refractivity contribution >= 4 is 41.8 Å². The van der Waals surface area contributed by atoms with E-state index in [0.717, 1.165) is 38.4 Å². The molecule has 0 radical (unpaired) electrons. The van der Waals surface area contributed by atoms with Crippen LogP contribution in [0.4, 0.5) is 0 Å². The van der Waals surface area contributed by atoms with Crippen LogP contribution in [0.3, 0.4) is 0 Å². The number of imide groups is 1. The zero-order valence-corrected chi connectivity index (χ0v) is 18.4. The Hall–Kier alpha value is -1.64. The van der Waals surface area contributed by atoms with Gasteiger partial charge in [-0.25, -0.2) is 0 Å². The molecule has 1 unspecified atom stereocenters. The maximum Gasteiger partial charge on any atom is 0.261 e. The summed E-state index contributed by atoms with van der Waals surface area (Å²) in [7, 11) is 1.82. The Bertz CT molecular complexity index is 672. The number of hydrogen-bond donors (Lipinski definition) is 1. The Kier molecular flexibility index (Phi) is 8.07. The predicted molar refractivity (Wildman–Crippen MR) is 118 cm³/mol. The molecule has 1 aromatic carbocycles. The third kappa shape index (κ3) is 5.00. The van der Waals surface area contributed by atoms with E-state index >= 15 is 0 Å². The smallest absolute Gasteiger partial charge is 0.261 e. The number of piperidine rings is 1. The number of halogens is 1. The third-order valence-corrected chi connectivity index (χ3v) is 5.14. The normalized spacial score (nSPS) is 19.8. The number of benzene rings is 1. The lowest BCUT2D eigenvalue weighted by atomic mass is 10.0. The number of hydrogen-bond acceptors (Lipinski definition) is 3. The van der Waals surface area contributed by atoms with Gasteiger partial charge in [-0.1, -0.05) is 19.1 Å². The molecule has 1 N–H and O–H groups in total. The second-order valence-electron chi connectivity index (χ2n) is 7.18. The van der Waals surface area contributed by atoms with E-state index in [9.17, 15) is 9.59 Å². The number of nitrogens with zero attached hydrogens (tertiary/aromatic N) is 3. The van der Waals surface area contributed by atoms with E-state index in [2.05, 4.69) is 22.1 Å². The Balaban J connectivity index is 0.00000261. The van der Waals surface area contributed by atoms with Gasteiger partial charge in [-0.2, -0.15) is 0 Å². The van der Waals surface area contributed by atoms with Crippen LogP contribution in [-0.4, -0.2) is 60.8 Å². The number of aliphatic imine (C=N–C) groups is 1. The van der Waals surface area contributed by atoms with Crippen molar-refractivity contribution in [2.45, 2.75) is 32.6 Å². The number of nitrogens with one attached hydrogen (secondary N) is 1. The van der Waals surface area contributed by atoms with E-state index in [4.69, 9.17) is 0 Å². The fourth-order valence-corrected chi connectivity index (χ4v) is 3.75. The predicted octanol–water partition coefficient (Wildman–Crippen LogP) is 2.99. The van der Waals surface area contributed by atoms with Crippen molar-refractivity contribution in [1.82, 2.24) is 15.1 Å². The fraction of sp³-hybridized carbons (Fsp3) is 0.550. The van der Waals surface area contributed by atoms with Gasteiger partial charge in [0, 0.05) is 33.2 Å². The fourth-order valence-electron chi connectivity index (χ4n) is 3.75. The number of unbranched alkanes of at least 4 members (excludes halogenated alkanes) is 1. The molecule has 0 spiro atoms. The lowest BCUT2D eigenvalue weighted by Crippen LogP contribution is -2.46. The molecule has 0 aliphatic carbocycles. The van der Waals surface area contributed by atoms with Crippen LogP contribution in [-0.2, 0) is 0 Å². The molecule has 2 aliphatic rings. The van der Waals surface area contributed by atoms with Crippen molar-refractivity contribution < 1.29 is 9.59 Å². The molecule has 1 aromatic rings. The van der Waals surface area contributed by atoms with Gasteiger partial charge in [0.15, 0.2) is 5.96 Å². The molecule has 0 saturated carbocycles. The Labute approximate surface area is 178 Å². The zero-order chi connectivity index (χ0) is 18.5. The quantitative estimate of drug-likeness (QED) is 0.230. The van der Waals surface area contributed by atoms with E-state index in [0.29, 0.717) is 23.6 Å². The highest BCUT2D eigenvalue weighted by Gasteiger charge is 2.34. The summed E-state index contributed by atoms with van der Waals surface area (Å²) < 4.78 is 0. The SMILES string of the molecule is CN=C(NCCCCN1C(=O)c2ccccc2C1=O)N1CCCC(C)C1.I. The van der Waals surface area contributed by atoms with Crippen LogP contribution in [0.15, 0.2) is 29.3 Å². The molecule has 2 aliphatic heterocycles. The molecule has 27 heavy (non-hydrogen) atoms. The third-order valence-electron chi connectivity index (χ3n) is 5.14. The standard InChI is InChI=1S/C20H28N4O2.HI/c1-15-8-7-12-23(14-15)20(21-2)22-11-5-6-13-24-18(25)16-9-3-4-10-17(16)19(24)26;/h3-4,9-10,15H,5-8,11-14H2,1-2H3,(H,21,22);1H. The van der Waals surface area contributed by atoms with Crippen molar-refractivity contribution in [2.75, 3.05) is 33.2 Å². The minimum absolute atomic E-state index is 0. The molecule has 3 rings (SSSR count). The largest absolute Gasteiger partial charge is 0.356 e. The molecule has 1 atom stereocenters. The first-order chi connectivity index (χ1) is 12.6. The molecule has 7 heteroatoms. The number of rotatable bonds is 5. The van der Waals surface area contributed by atoms with Crippen molar-refractivity contribution in [3.8, 4) is 0 Å². The second kappa shape index (κ2) is 10.1. The van der Waals surface area contributed by atoms with E-state index in [1.165, 1.54) is 17.7 Å². The van der Waals surface area contributed by atoms with Crippen LogP contribution in [0.25, 0.3) is 0 Å². The first-order valence-corrected chi connectivity index (χ1v) is 9.52.